The van der Waals surface area contributed by atoms with E-state index in [1.807, 2.05) is 12.1 Å². The summed E-state index contributed by atoms with van der Waals surface area (Å²) in [6.07, 6.45) is 8.70. The van der Waals surface area contributed by atoms with Crippen molar-refractivity contribution in [1.82, 2.24) is 19.9 Å². The number of benzene rings is 4. The summed E-state index contributed by atoms with van der Waals surface area (Å²) >= 11 is 6.04. The fourth-order valence-corrected chi connectivity index (χ4v) is 10.2. The van der Waals surface area contributed by atoms with E-state index in [4.69, 9.17) is 21.6 Å². The normalized spacial score (nSPS) is 13.5. The number of hydrogen-bond donors (Lipinski definition) is 2. The third-order valence-electron chi connectivity index (χ3n) is 15.0. The van der Waals surface area contributed by atoms with Crippen molar-refractivity contribution in [1.29, 1.82) is 0 Å². The topological polar surface area (TPSA) is 74.4 Å². The van der Waals surface area contributed by atoms with Gasteiger partial charge in [0.1, 0.15) is 0 Å². The molecule has 0 atom stereocenters. The lowest BCUT2D eigenvalue weighted by molar-refractivity contribution is 0.108. The number of nitrogens with zero attached hydrogens (tertiary/aromatic N) is 2. The van der Waals surface area contributed by atoms with Crippen molar-refractivity contribution < 1.29 is 4.79 Å². The van der Waals surface area contributed by atoms with Crippen LogP contribution in [0.25, 0.3) is 90.9 Å². The number of rotatable bonds is 5. The fourth-order valence-electron chi connectivity index (χ4n) is 10.1. The van der Waals surface area contributed by atoms with Gasteiger partial charge in [0.05, 0.1) is 22.8 Å². The van der Waals surface area contributed by atoms with Gasteiger partial charge in [-0.05, 0) is 160 Å². The van der Waals surface area contributed by atoms with Crippen LogP contribution in [0.3, 0.4) is 0 Å². The molecular formula is C69H77ClN4O. The van der Waals surface area contributed by atoms with Crippen LogP contribution in [0.15, 0.2) is 103 Å². The Hall–Kier alpha value is -6.56. The van der Waals surface area contributed by atoms with E-state index in [1.165, 1.54) is 33.4 Å². The molecule has 0 saturated carbocycles. The molecule has 75 heavy (non-hydrogen) atoms. The fraction of sp³-hybridized carbons (Fsp3) is 0.348. The molecule has 0 amide bonds. The molecule has 0 saturated heterocycles. The highest BCUT2D eigenvalue weighted by molar-refractivity contribution is 6.67. The molecular weight excluding hydrogens is 936 g/mol. The third kappa shape index (κ3) is 10.8. The molecule has 9 rings (SSSR count). The number of aromatic nitrogens is 4. The number of fused-ring (bicyclic) bond motifs is 8. The molecule has 0 radical (unpaired) electrons. The van der Waals surface area contributed by atoms with Crippen LogP contribution in [0, 0.1) is 0 Å². The van der Waals surface area contributed by atoms with Gasteiger partial charge in [-0.2, -0.15) is 0 Å². The summed E-state index contributed by atoms with van der Waals surface area (Å²) < 4.78 is 0. The maximum Gasteiger partial charge on any atom is 0.252 e. The molecule has 2 N–H and O–H groups in total. The molecule has 2 aliphatic heterocycles. The molecule has 2 aliphatic rings. The molecule has 386 valence electrons. The number of halogens is 1. The van der Waals surface area contributed by atoms with Gasteiger partial charge >= 0.3 is 0 Å². The lowest BCUT2D eigenvalue weighted by atomic mass is 9.78. The van der Waals surface area contributed by atoms with Gasteiger partial charge in [0.15, 0.2) is 0 Å². The Bertz CT molecular complexity index is 3490. The first-order valence-electron chi connectivity index (χ1n) is 26.7. The van der Waals surface area contributed by atoms with Crippen molar-refractivity contribution in [3.8, 4) is 44.5 Å². The van der Waals surface area contributed by atoms with Crippen LogP contribution in [0.2, 0.25) is 0 Å². The minimum Gasteiger partial charge on any atom is -0.354 e. The molecule has 8 bridgehead atoms. The summed E-state index contributed by atoms with van der Waals surface area (Å²) in [5, 5.41) is -0.498. The number of nitrogens with one attached hydrogen (secondary N) is 2. The maximum atomic E-state index is 12.4. The predicted octanol–water partition coefficient (Wildman–Crippen LogP) is 19.5. The van der Waals surface area contributed by atoms with Crippen LogP contribution in [-0.4, -0.2) is 25.2 Å². The first-order chi connectivity index (χ1) is 34.7. The minimum atomic E-state index is -0.498. The van der Waals surface area contributed by atoms with Gasteiger partial charge in [0.25, 0.3) is 5.24 Å². The first-order valence-corrected chi connectivity index (χ1v) is 27.1. The number of carbonyl (C=O) groups is 1. The third-order valence-corrected chi connectivity index (χ3v) is 15.2. The van der Waals surface area contributed by atoms with Crippen LogP contribution in [0.1, 0.15) is 191 Å². The predicted molar refractivity (Wildman–Crippen MR) is 323 cm³/mol. The Labute approximate surface area is 452 Å². The van der Waals surface area contributed by atoms with Gasteiger partial charge in [-0.3, -0.25) is 4.79 Å². The standard InChI is InChI=1S/C69H77ClN4O/c1-64(2,3)45-31-42(32-46(37-45)65(4,5)6)60-53-25-23-51(71-53)59(40-19-21-41(22-20-40)63(70)75)52-24-26-54(72-52)61(43-33-47(66(7,8)9)38-48(34-43)67(10,11)12)56-28-30-58(74-56)62(57-29-27-55(60)73-57)44-35-49(68(13,14)15)39-50(36-44)69(16,17)18/h19-39,71,74H,1-18H3. The minimum absolute atomic E-state index is 0.111. The van der Waals surface area contributed by atoms with Crippen LogP contribution in [0.4, 0.5) is 0 Å². The number of H-pyrrole nitrogens is 2. The van der Waals surface area contributed by atoms with Crippen molar-refractivity contribution in [3.63, 3.8) is 0 Å². The molecule has 0 unspecified atom stereocenters. The van der Waals surface area contributed by atoms with E-state index in [9.17, 15) is 4.79 Å². The Balaban J connectivity index is 1.53. The molecule has 6 heteroatoms. The second kappa shape index (κ2) is 18.6. The molecule has 3 aromatic heterocycles. The average Bonchev–Trinajstić information content (AvgIpc) is 4.16. The zero-order chi connectivity index (χ0) is 54.5. The van der Waals surface area contributed by atoms with Crippen LogP contribution in [-0.2, 0) is 32.5 Å². The zero-order valence-electron chi connectivity index (χ0n) is 47.8. The van der Waals surface area contributed by atoms with E-state index in [0.29, 0.717) is 5.56 Å². The SMILES string of the molecule is CC(C)(C)c1cc(-c2c3nc(c(-c4cc(C(C)(C)C)cc(C(C)(C)C)c4)c4ccc([nH]4)c(-c4cc(C(C)(C)C)cc(C(C)(C)C)c4)c4nc(c(-c5ccc(C(=O)Cl)cc5)c5ccc2[nH]5)C=C4)C=C3)cc(C(C)(C)C)c1. The van der Waals surface area contributed by atoms with Crippen molar-refractivity contribution in [2.75, 3.05) is 0 Å². The molecule has 0 aliphatic carbocycles. The Morgan fingerprint density at radius 2 is 0.560 bits per heavy atom. The molecule has 0 spiro atoms. The summed E-state index contributed by atoms with van der Waals surface area (Å²) in [5.74, 6) is 0. The summed E-state index contributed by atoms with van der Waals surface area (Å²) in [5.41, 5.74) is 22.6. The molecule has 5 nitrogen and oxygen atoms in total. The summed E-state index contributed by atoms with van der Waals surface area (Å²) in [4.78, 5) is 31.9. The van der Waals surface area contributed by atoms with Crippen LogP contribution >= 0.6 is 11.6 Å². The van der Waals surface area contributed by atoms with Crippen molar-refractivity contribution in [2.24, 2.45) is 0 Å². The highest BCUT2D eigenvalue weighted by Gasteiger charge is 2.28. The highest BCUT2D eigenvalue weighted by Crippen LogP contribution is 2.44. The lowest BCUT2D eigenvalue weighted by Crippen LogP contribution is -2.16. The maximum absolute atomic E-state index is 12.4. The van der Waals surface area contributed by atoms with Crippen molar-refractivity contribution in [3.05, 3.63) is 165 Å². The van der Waals surface area contributed by atoms with Gasteiger partial charge in [-0.15, -0.1) is 0 Å². The zero-order valence-corrected chi connectivity index (χ0v) is 48.6. The van der Waals surface area contributed by atoms with E-state index < -0.39 is 5.24 Å². The van der Waals surface area contributed by atoms with Crippen LogP contribution in [0.5, 0.6) is 0 Å². The Kier molecular flexibility index (Phi) is 13.2. The summed E-state index contributed by atoms with van der Waals surface area (Å²) in [7, 11) is 0. The van der Waals surface area contributed by atoms with Crippen molar-refractivity contribution in [2.45, 2.75) is 157 Å². The van der Waals surface area contributed by atoms with Gasteiger partial charge in [-0.25, -0.2) is 9.97 Å². The van der Waals surface area contributed by atoms with E-state index in [0.717, 1.165) is 89.4 Å². The van der Waals surface area contributed by atoms with E-state index >= 15 is 0 Å². The quantitative estimate of drug-likeness (QED) is 0.169. The lowest BCUT2D eigenvalue weighted by Gasteiger charge is -2.26. The van der Waals surface area contributed by atoms with Crippen LogP contribution < -0.4 is 0 Å². The monoisotopic (exact) mass is 1010 g/mol. The number of hydrogen-bond acceptors (Lipinski definition) is 3. The van der Waals surface area contributed by atoms with E-state index in [2.05, 4.69) is 238 Å². The highest BCUT2D eigenvalue weighted by atomic mass is 35.5. The summed E-state index contributed by atoms with van der Waals surface area (Å²) in [6, 6.07) is 37.7. The van der Waals surface area contributed by atoms with Crippen molar-refractivity contribution >= 4 is 63.2 Å². The van der Waals surface area contributed by atoms with Gasteiger partial charge in [-0.1, -0.05) is 191 Å². The second-order valence-electron chi connectivity index (χ2n) is 27.3. The summed E-state index contributed by atoms with van der Waals surface area (Å²) in [6.45, 7) is 41.3. The Morgan fingerprint density at radius 3 is 0.773 bits per heavy atom. The average molecular weight is 1010 g/mol. The van der Waals surface area contributed by atoms with Gasteiger partial charge < -0.3 is 9.97 Å². The van der Waals surface area contributed by atoms with E-state index in [-0.39, 0.29) is 32.5 Å². The Morgan fingerprint density at radius 1 is 0.333 bits per heavy atom. The van der Waals surface area contributed by atoms with Gasteiger partial charge in [0, 0.05) is 49.9 Å². The largest absolute Gasteiger partial charge is 0.354 e. The number of aromatic amines is 2. The molecule has 0 fully saturated rings. The molecule has 5 heterocycles. The number of carbonyl (C=O) groups excluding carboxylic acids is 1. The molecule has 7 aromatic rings. The molecule has 4 aromatic carbocycles. The second-order valence-corrected chi connectivity index (χ2v) is 27.6. The van der Waals surface area contributed by atoms with E-state index in [1.54, 1.807) is 12.1 Å². The van der Waals surface area contributed by atoms with Gasteiger partial charge in [0.2, 0.25) is 0 Å². The first kappa shape index (κ1) is 53.3. The smallest absolute Gasteiger partial charge is 0.252 e.